The van der Waals surface area contributed by atoms with E-state index in [2.05, 4.69) is 6.07 Å². The molecular weight excluding hydrogens is 434 g/mol. The highest BCUT2D eigenvalue weighted by molar-refractivity contribution is 5.83. The van der Waals surface area contributed by atoms with E-state index in [1.165, 1.54) is 6.08 Å². The van der Waals surface area contributed by atoms with E-state index in [-0.39, 0.29) is 5.92 Å². The monoisotopic (exact) mass is 461 g/mol. The summed E-state index contributed by atoms with van der Waals surface area (Å²) in [5.74, 6) is -0.419. The fourth-order valence-electron chi connectivity index (χ4n) is 4.20. The molecule has 1 aliphatic heterocycles. The second-order valence-corrected chi connectivity index (χ2v) is 9.00. The number of esters is 2. The van der Waals surface area contributed by atoms with E-state index in [0.717, 1.165) is 6.42 Å². The third-order valence-electron chi connectivity index (χ3n) is 6.23. The first-order valence-electron chi connectivity index (χ1n) is 11.3. The van der Waals surface area contributed by atoms with Crippen LogP contribution in [0, 0.1) is 28.6 Å². The van der Waals surface area contributed by atoms with Crippen molar-refractivity contribution in [3.8, 4) is 17.6 Å². The lowest BCUT2D eigenvalue weighted by atomic mass is 10.1. The zero-order chi connectivity index (χ0) is 24.1. The fraction of sp³-hybridized carbons (Fsp3) is 0.370. The summed E-state index contributed by atoms with van der Waals surface area (Å²) in [6.45, 7) is 4.44. The number of hydrogen-bond acceptors (Lipinski definition) is 7. The summed E-state index contributed by atoms with van der Waals surface area (Å²) in [6.07, 6.45) is 3.01. The summed E-state index contributed by atoms with van der Waals surface area (Å²) >= 11 is 0. The summed E-state index contributed by atoms with van der Waals surface area (Å²) in [4.78, 5) is 24.9. The molecule has 2 aromatic rings. The molecule has 0 aromatic heterocycles. The van der Waals surface area contributed by atoms with Gasteiger partial charge in [0.1, 0.15) is 17.6 Å². The lowest BCUT2D eigenvalue weighted by molar-refractivity contribution is -0.163. The topological polar surface area (TPSA) is 94.9 Å². The molecule has 4 rings (SSSR count). The standard InChI is InChI=1S/C27H27NO6/c1-27(2)21(13-14-23(29)34-24-12-7-15-31-24)25(27)26(30)33-22(17-28)18-8-6-11-20(16-18)32-19-9-4-3-5-10-19/h3-6,8-11,13-14,16,21-22,24-25H,7,12,15H2,1-2H3/t21-,22?,24?,25-/m0/s1. The number of benzene rings is 2. The normalized spacial score (nSPS) is 23.6. The molecule has 0 amide bonds. The molecule has 2 unspecified atom stereocenters. The Morgan fingerprint density at radius 1 is 1.15 bits per heavy atom. The third kappa shape index (κ3) is 5.46. The smallest absolute Gasteiger partial charge is 0.332 e. The van der Waals surface area contributed by atoms with Crippen LogP contribution in [0.4, 0.5) is 0 Å². The second kappa shape index (κ2) is 10.1. The third-order valence-corrected chi connectivity index (χ3v) is 6.23. The van der Waals surface area contributed by atoms with Gasteiger partial charge in [0.05, 0.1) is 12.5 Å². The number of hydrogen-bond donors (Lipinski definition) is 0. The van der Waals surface area contributed by atoms with E-state index in [1.807, 2.05) is 44.2 Å². The average Bonchev–Trinajstić information content (AvgIpc) is 3.11. The summed E-state index contributed by atoms with van der Waals surface area (Å²) in [7, 11) is 0. The van der Waals surface area contributed by atoms with Crippen molar-refractivity contribution in [3.05, 3.63) is 72.3 Å². The number of nitriles is 1. The first-order chi connectivity index (χ1) is 16.4. The van der Waals surface area contributed by atoms with E-state index < -0.39 is 35.7 Å². The summed E-state index contributed by atoms with van der Waals surface area (Å²) in [5.41, 5.74) is 0.130. The van der Waals surface area contributed by atoms with Gasteiger partial charge >= 0.3 is 11.9 Å². The summed E-state index contributed by atoms with van der Waals surface area (Å²) < 4.78 is 21.9. The molecule has 176 valence electrons. The first-order valence-corrected chi connectivity index (χ1v) is 11.3. The number of carbonyl (C=O) groups excluding carboxylic acids is 2. The quantitative estimate of drug-likeness (QED) is 0.399. The maximum atomic E-state index is 12.9. The van der Waals surface area contributed by atoms with Gasteiger partial charge in [0.25, 0.3) is 0 Å². The van der Waals surface area contributed by atoms with E-state index in [1.54, 1.807) is 30.3 Å². The highest BCUT2D eigenvalue weighted by atomic mass is 16.7. The van der Waals surface area contributed by atoms with Crippen LogP contribution in [-0.2, 0) is 23.8 Å². The Hall–Kier alpha value is -3.63. The van der Waals surface area contributed by atoms with Gasteiger partial charge in [0.2, 0.25) is 12.4 Å². The molecule has 0 spiro atoms. The van der Waals surface area contributed by atoms with Crippen LogP contribution in [0.3, 0.4) is 0 Å². The Kier molecular flexibility index (Phi) is 6.99. The van der Waals surface area contributed by atoms with Gasteiger partial charge in [-0.1, -0.05) is 50.3 Å². The largest absolute Gasteiger partial charge is 0.457 e. The second-order valence-electron chi connectivity index (χ2n) is 9.00. The van der Waals surface area contributed by atoms with E-state index in [4.69, 9.17) is 18.9 Å². The van der Waals surface area contributed by atoms with Gasteiger partial charge in [-0.05, 0) is 42.0 Å². The van der Waals surface area contributed by atoms with Gasteiger partial charge in [-0.3, -0.25) is 4.79 Å². The molecule has 0 radical (unpaired) electrons. The lowest BCUT2D eigenvalue weighted by Crippen LogP contribution is -2.15. The van der Waals surface area contributed by atoms with Gasteiger partial charge in [0.15, 0.2) is 0 Å². The van der Waals surface area contributed by atoms with Gasteiger partial charge in [-0.25, -0.2) is 4.79 Å². The summed E-state index contributed by atoms with van der Waals surface area (Å²) in [6, 6.07) is 18.2. The minimum Gasteiger partial charge on any atom is -0.457 e. The Labute approximate surface area is 198 Å². The van der Waals surface area contributed by atoms with Crippen LogP contribution in [0.5, 0.6) is 11.5 Å². The molecule has 7 nitrogen and oxygen atoms in total. The molecule has 7 heteroatoms. The molecule has 1 saturated carbocycles. The molecular formula is C27H27NO6. The Morgan fingerprint density at radius 3 is 2.62 bits per heavy atom. The highest BCUT2D eigenvalue weighted by Crippen LogP contribution is 2.59. The van der Waals surface area contributed by atoms with E-state index in [0.29, 0.717) is 30.1 Å². The van der Waals surface area contributed by atoms with Gasteiger partial charge < -0.3 is 18.9 Å². The van der Waals surface area contributed by atoms with E-state index in [9.17, 15) is 14.9 Å². The number of carbonyl (C=O) groups is 2. The van der Waals surface area contributed by atoms with Crippen LogP contribution >= 0.6 is 0 Å². The van der Waals surface area contributed by atoms with Crippen molar-refractivity contribution in [2.24, 2.45) is 17.3 Å². The SMILES string of the molecule is CC1(C)[C@H](C(=O)OC(C#N)c2cccc(Oc3ccccc3)c2)[C@@H]1C=CC(=O)OC1CCCO1. The van der Waals surface area contributed by atoms with Crippen molar-refractivity contribution in [3.63, 3.8) is 0 Å². The van der Waals surface area contributed by atoms with Gasteiger partial charge in [-0.2, -0.15) is 5.26 Å². The molecule has 2 aromatic carbocycles. The number of allylic oxidation sites excluding steroid dienone is 1. The number of para-hydroxylation sites is 1. The minimum atomic E-state index is -1.07. The molecule has 1 saturated heterocycles. The molecule has 1 aliphatic carbocycles. The van der Waals surface area contributed by atoms with Crippen LogP contribution in [-0.4, -0.2) is 24.8 Å². The predicted octanol–water partition coefficient (Wildman–Crippen LogP) is 5.09. The highest BCUT2D eigenvalue weighted by Gasteiger charge is 2.61. The molecule has 2 aliphatic rings. The zero-order valence-electron chi connectivity index (χ0n) is 19.2. The van der Waals surface area contributed by atoms with Crippen molar-refractivity contribution < 1.29 is 28.5 Å². The van der Waals surface area contributed by atoms with Crippen molar-refractivity contribution >= 4 is 11.9 Å². The van der Waals surface area contributed by atoms with Gasteiger partial charge in [-0.15, -0.1) is 0 Å². The number of ether oxygens (including phenoxy) is 4. The number of rotatable bonds is 8. The molecule has 2 fully saturated rings. The number of nitrogens with zero attached hydrogens (tertiary/aromatic N) is 1. The van der Waals surface area contributed by atoms with Crippen molar-refractivity contribution in [1.82, 2.24) is 0 Å². The van der Waals surface area contributed by atoms with Crippen LogP contribution in [0.1, 0.15) is 38.4 Å². The van der Waals surface area contributed by atoms with Gasteiger partial charge in [0, 0.05) is 18.1 Å². The maximum absolute atomic E-state index is 12.9. The Morgan fingerprint density at radius 2 is 1.91 bits per heavy atom. The molecule has 4 atom stereocenters. The van der Waals surface area contributed by atoms with Crippen molar-refractivity contribution in [2.75, 3.05) is 6.61 Å². The molecule has 1 heterocycles. The maximum Gasteiger partial charge on any atom is 0.332 e. The zero-order valence-corrected chi connectivity index (χ0v) is 19.2. The predicted molar refractivity (Wildman–Crippen MR) is 122 cm³/mol. The summed E-state index contributed by atoms with van der Waals surface area (Å²) in [5, 5.41) is 9.66. The van der Waals surface area contributed by atoms with Crippen LogP contribution in [0.15, 0.2) is 66.7 Å². The molecule has 0 bridgehead atoms. The minimum absolute atomic E-state index is 0.191. The average molecular weight is 462 g/mol. The van der Waals surface area contributed by atoms with Crippen molar-refractivity contribution in [1.29, 1.82) is 5.26 Å². The first kappa shape index (κ1) is 23.5. The van der Waals surface area contributed by atoms with Crippen LogP contribution in [0.2, 0.25) is 0 Å². The van der Waals surface area contributed by atoms with Crippen LogP contribution < -0.4 is 4.74 Å². The van der Waals surface area contributed by atoms with Crippen LogP contribution in [0.25, 0.3) is 0 Å². The van der Waals surface area contributed by atoms with E-state index >= 15 is 0 Å². The Balaban J connectivity index is 1.37. The Bertz CT molecular complexity index is 1100. The lowest BCUT2D eigenvalue weighted by Gasteiger charge is -2.13. The van der Waals surface area contributed by atoms with Crippen molar-refractivity contribution in [2.45, 2.75) is 39.1 Å². The molecule has 0 N–H and O–H groups in total. The fourth-order valence-corrected chi connectivity index (χ4v) is 4.20. The molecule has 34 heavy (non-hydrogen) atoms.